The van der Waals surface area contributed by atoms with Gasteiger partial charge in [0.25, 0.3) is 0 Å². The van der Waals surface area contributed by atoms with Gasteiger partial charge < -0.3 is 9.14 Å². The van der Waals surface area contributed by atoms with Gasteiger partial charge in [0.1, 0.15) is 10.0 Å². The summed E-state index contributed by atoms with van der Waals surface area (Å²) in [4.78, 5) is 14.5. The van der Waals surface area contributed by atoms with Gasteiger partial charge in [-0.3, -0.25) is 16.6 Å². The average molecular weight is 513 g/mol. The second-order valence-corrected chi connectivity index (χ2v) is 9.68. The molecule has 1 fully saturated rings. The molecular formula is C22H25ClF3N2NaO3S. The Labute approximate surface area is 220 Å². The van der Waals surface area contributed by atoms with Crippen LogP contribution in [-0.2, 0) is 16.2 Å². The first-order valence-electron chi connectivity index (χ1n) is 10.0. The van der Waals surface area contributed by atoms with E-state index in [2.05, 4.69) is 9.14 Å². The molecule has 0 bridgehead atoms. The zero-order valence-corrected chi connectivity index (χ0v) is 22.3. The quantitative estimate of drug-likeness (QED) is 0.441. The van der Waals surface area contributed by atoms with Gasteiger partial charge >= 0.3 is 35.7 Å². The Balaban J connectivity index is 0.000000361. The van der Waals surface area contributed by atoms with Crippen LogP contribution in [0.15, 0.2) is 53.4 Å². The summed E-state index contributed by atoms with van der Waals surface area (Å²) in [7, 11) is -3.62. The minimum Gasteiger partial charge on any atom is -0.458 e. The van der Waals surface area contributed by atoms with E-state index in [4.69, 9.17) is 11.8 Å². The predicted octanol–water partition coefficient (Wildman–Crippen LogP) is 2.84. The maximum absolute atomic E-state index is 12.5. The third-order valence-corrected chi connectivity index (χ3v) is 6.68. The van der Waals surface area contributed by atoms with Crippen LogP contribution < -0.4 is 29.6 Å². The van der Waals surface area contributed by atoms with E-state index in [0.29, 0.717) is 12.1 Å². The topological polar surface area (TPSA) is 68.6 Å². The molecule has 0 aliphatic carbocycles. The number of carbonyl (C=O) groups excluding carboxylic acids is 1. The van der Waals surface area contributed by atoms with E-state index in [0.717, 1.165) is 43.6 Å². The SMILES string of the molecule is CC(CN1CCCC1)C(=O)c1ccc(C(F)(F)F)cc1.Cc1ccc(S(=O)(=O)[N-]Cl)cc1.[Na+]. The fraction of sp³-hybridized carbons (Fsp3) is 0.409. The smallest absolute Gasteiger partial charge is 0.458 e. The van der Waals surface area contributed by atoms with Crippen molar-refractivity contribution in [2.45, 2.75) is 37.8 Å². The van der Waals surface area contributed by atoms with E-state index in [1.165, 1.54) is 24.3 Å². The van der Waals surface area contributed by atoms with Crippen LogP contribution in [0.2, 0.25) is 0 Å². The van der Waals surface area contributed by atoms with Crippen LogP contribution >= 0.6 is 11.8 Å². The number of halogens is 4. The van der Waals surface area contributed by atoms with Crippen molar-refractivity contribution in [1.82, 2.24) is 4.90 Å². The third-order valence-electron chi connectivity index (χ3n) is 5.08. The van der Waals surface area contributed by atoms with Crippen molar-refractivity contribution in [3.63, 3.8) is 0 Å². The van der Waals surface area contributed by atoms with Gasteiger partial charge in [-0.15, -0.1) is 0 Å². The molecule has 33 heavy (non-hydrogen) atoms. The molecule has 2 aromatic rings. The number of Topliss-reactive ketones (excluding diaryl/α,β-unsaturated/α-hetero) is 1. The molecule has 0 radical (unpaired) electrons. The van der Waals surface area contributed by atoms with Crippen LogP contribution in [-0.4, -0.2) is 38.7 Å². The first-order valence-corrected chi connectivity index (χ1v) is 11.8. The van der Waals surface area contributed by atoms with Crippen molar-refractivity contribution in [3.8, 4) is 0 Å². The zero-order chi connectivity index (χ0) is 23.9. The minimum absolute atomic E-state index is 0. The first-order chi connectivity index (χ1) is 14.9. The van der Waals surface area contributed by atoms with Crippen LogP contribution in [0.4, 0.5) is 13.2 Å². The number of alkyl halides is 3. The van der Waals surface area contributed by atoms with E-state index >= 15 is 0 Å². The number of sulfonamides is 1. The Kier molecular flexibility index (Phi) is 12.1. The number of nitrogens with zero attached hydrogens (tertiary/aromatic N) is 2. The Bertz CT molecular complexity index is 995. The summed E-state index contributed by atoms with van der Waals surface area (Å²) in [6.45, 7) is 6.39. The number of benzene rings is 2. The van der Waals surface area contributed by atoms with Crippen molar-refractivity contribution >= 4 is 27.6 Å². The van der Waals surface area contributed by atoms with E-state index in [1.54, 1.807) is 12.1 Å². The summed E-state index contributed by atoms with van der Waals surface area (Å²) in [5.41, 5.74) is 0.620. The van der Waals surface area contributed by atoms with Crippen LogP contribution in [0.3, 0.4) is 0 Å². The molecule has 0 aromatic heterocycles. The number of rotatable bonds is 6. The van der Waals surface area contributed by atoms with Crippen LogP contribution in [0.5, 0.6) is 0 Å². The predicted molar refractivity (Wildman–Crippen MR) is 118 cm³/mol. The molecule has 0 amide bonds. The number of likely N-dealkylation sites (tertiary alicyclic amines) is 1. The maximum Gasteiger partial charge on any atom is 1.00 e. The van der Waals surface area contributed by atoms with Crippen molar-refractivity contribution in [3.05, 3.63) is 69.5 Å². The van der Waals surface area contributed by atoms with Crippen LogP contribution in [0.1, 0.15) is 41.3 Å². The van der Waals surface area contributed by atoms with Crippen molar-refractivity contribution in [2.75, 3.05) is 19.6 Å². The van der Waals surface area contributed by atoms with E-state index < -0.39 is 21.8 Å². The molecule has 1 atom stereocenters. The molecule has 0 spiro atoms. The summed E-state index contributed by atoms with van der Waals surface area (Å²) in [6.07, 6.45) is -2.05. The van der Waals surface area contributed by atoms with Gasteiger partial charge in [0.2, 0.25) is 0 Å². The van der Waals surface area contributed by atoms with Gasteiger partial charge in [0.15, 0.2) is 5.78 Å². The van der Waals surface area contributed by atoms with E-state index in [-0.39, 0.29) is 46.2 Å². The average Bonchev–Trinajstić information content (AvgIpc) is 3.26. The van der Waals surface area contributed by atoms with Gasteiger partial charge in [-0.25, -0.2) is 8.42 Å². The monoisotopic (exact) mass is 512 g/mol. The minimum atomic E-state index is -4.36. The van der Waals surface area contributed by atoms with Crippen molar-refractivity contribution < 1.29 is 55.9 Å². The summed E-state index contributed by atoms with van der Waals surface area (Å²) >= 11 is 4.90. The fourth-order valence-electron chi connectivity index (χ4n) is 3.29. The molecular weight excluding hydrogens is 488 g/mol. The van der Waals surface area contributed by atoms with Crippen molar-refractivity contribution in [1.29, 1.82) is 0 Å². The summed E-state index contributed by atoms with van der Waals surface area (Å²) in [5, 5.41) is 0. The molecule has 0 N–H and O–H groups in total. The van der Waals surface area contributed by atoms with E-state index in [9.17, 15) is 26.4 Å². The normalized spacial score (nSPS) is 15.2. The first kappa shape index (κ1) is 30.1. The Morgan fingerprint density at radius 2 is 1.58 bits per heavy atom. The largest absolute Gasteiger partial charge is 1.00 e. The molecule has 3 rings (SSSR count). The second kappa shape index (κ2) is 13.2. The molecule has 11 heteroatoms. The molecule has 5 nitrogen and oxygen atoms in total. The Morgan fingerprint density at radius 3 is 2.03 bits per heavy atom. The number of aryl methyl sites for hydroxylation is 1. The maximum atomic E-state index is 12.5. The van der Waals surface area contributed by atoms with Gasteiger partial charge in [-0.05, 0) is 57.1 Å². The fourth-order valence-corrected chi connectivity index (χ4v) is 4.09. The number of hydrogen-bond acceptors (Lipinski definition) is 4. The third kappa shape index (κ3) is 9.32. The second-order valence-electron chi connectivity index (χ2n) is 7.71. The molecule has 2 aromatic carbocycles. The van der Waals surface area contributed by atoms with Gasteiger partial charge in [0.05, 0.1) is 5.56 Å². The van der Waals surface area contributed by atoms with Gasteiger partial charge in [-0.2, -0.15) is 13.2 Å². The molecule has 1 heterocycles. The summed E-state index contributed by atoms with van der Waals surface area (Å²) < 4.78 is 62.2. The molecule has 1 aliphatic rings. The van der Waals surface area contributed by atoms with Gasteiger partial charge in [-0.1, -0.05) is 36.8 Å². The molecule has 176 valence electrons. The summed E-state index contributed by atoms with van der Waals surface area (Å²) in [6, 6.07) is 10.8. The number of carbonyl (C=O) groups is 1. The van der Waals surface area contributed by atoms with Crippen LogP contribution in [0, 0.1) is 12.8 Å². The molecule has 1 aliphatic heterocycles. The Morgan fingerprint density at radius 1 is 1.06 bits per heavy atom. The molecule has 1 saturated heterocycles. The number of ketones is 1. The van der Waals surface area contributed by atoms with Crippen LogP contribution in [0.25, 0.3) is 4.24 Å². The Hall–Kier alpha value is -0.940. The standard InChI is InChI=1S/C15H18F3NO.C7H7ClNO2S.Na/c1-11(10-19-8-2-3-9-19)14(20)12-4-6-13(7-5-12)15(16,17)18;1-6-2-4-7(5-3-6)12(10,11)9-8;/h4-7,11H,2-3,8-10H2,1H3;2-5H,1H3;/q;-1;+1. The molecule has 1 unspecified atom stereocenters. The summed E-state index contributed by atoms with van der Waals surface area (Å²) in [5.74, 6) is -0.282. The number of hydrogen-bond donors (Lipinski definition) is 0. The van der Waals surface area contributed by atoms with Gasteiger partial charge in [0, 0.05) is 22.9 Å². The zero-order valence-electron chi connectivity index (χ0n) is 18.8. The van der Waals surface area contributed by atoms with Crippen molar-refractivity contribution in [2.24, 2.45) is 5.92 Å². The molecule has 0 saturated carbocycles. The van der Waals surface area contributed by atoms with E-state index in [1.807, 2.05) is 13.8 Å².